The number of nitrogens with two attached hydrogens (primary N) is 1. The topological polar surface area (TPSA) is 43.8 Å². The molecule has 1 aromatic heterocycles. The molecule has 3 nitrogen and oxygen atoms in total. The van der Waals surface area contributed by atoms with E-state index in [4.69, 9.17) is 5.73 Å². The van der Waals surface area contributed by atoms with Crippen molar-refractivity contribution in [2.45, 2.75) is 26.8 Å². The van der Waals surface area contributed by atoms with Crippen molar-refractivity contribution in [2.24, 2.45) is 0 Å². The van der Waals surface area contributed by atoms with Crippen molar-refractivity contribution in [1.82, 2.24) is 9.78 Å². The lowest BCUT2D eigenvalue weighted by atomic mass is 10.1. The third-order valence-corrected chi connectivity index (χ3v) is 2.73. The first kappa shape index (κ1) is 11.6. The van der Waals surface area contributed by atoms with Gasteiger partial charge in [0.15, 0.2) is 0 Å². The number of rotatable bonds is 2. The first-order valence-corrected chi connectivity index (χ1v) is 5.60. The minimum atomic E-state index is -0.235. The van der Waals surface area contributed by atoms with Crippen LogP contribution in [0.15, 0.2) is 24.4 Å². The van der Waals surface area contributed by atoms with E-state index in [-0.39, 0.29) is 11.9 Å². The fraction of sp³-hybridized carbons (Fsp3) is 0.308. The van der Waals surface area contributed by atoms with Crippen molar-refractivity contribution in [3.8, 4) is 11.3 Å². The molecular formula is C13H16FN3. The van der Waals surface area contributed by atoms with Gasteiger partial charge >= 0.3 is 0 Å². The predicted octanol–water partition coefficient (Wildman–Crippen LogP) is 3.16. The molecule has 0 fully saturated rings. The molecule has 0 bridgehead atoms. The zero-order valence-corrected chi connectivity index (χ0v) is 10.2. The molecule has 2 rings (SSSR count). The van der Waals surface area contributed by atoms with E-state index in [9.17, 15) is 4.39 Å². The highest BCUT2D eigenvalue weighted by Crippen LogP contribution is 2.26. The molecule has 2 N–H and O–H groups in total. The van der Waals surface area contributed by atoms with Crippen molar-refractivity contribution < 1.29 is 4.39 Å². The third-order valence-electron chi connectivity index (χ3n) is 2.73. The Balaban J connectivity index is 2.49. The molecule has 0 aliphatic rings. The number of anilines is 1. The molecule has 0 amide bonds. The highest BCUT2D eigenvalue weighted by Gasteiger charge is 2.11. The van der Waals surface area contributed by atoms with Crippen molar-refractivity contribution >= 4 is 5.69 Å². The van der Waals surface area contributed by atoms with Crippen molar-refractivity contribution in [3.05, 3.63) is 35.8 Å². The van der Waals surface area contributed by atoms with Gasteiger partial charge in [0.2, 0.25) is 0 Å². The largest absolute Gasteiger partial charge is 0.396 e. The Morgan fingerprint density at radius 1 is 1.35 bits per heavy atom. The van der Waals surface area contributed by atoms with Crippen molar-refractivity contribution in [3.63, 3.8) is 0 Å². The Labute approximate surface area is 100 Å². The SMILES string of the molecule is Cc1ccc(-c2nn(C(C)C)cc2N)cc1F. The number of nitrogen functional groups attached to an aromatic ring is 1. The average molecular weight is 233 g/mol. The van der Waals surface area contributed by atoms with Gasteiger partial charge in [0, 0.05) is 17.8 Å². The fourth-order valence-corrected chi connectivity index (χ4v) is 1.63. The second-order valence-corrected chi connectivity index (χ2v) is 4.47. The molecule has 0 saturated heterocycles. The number of hydrogen-bond acceptors (Lipinski definition) is 2. The summed E-state index contributed by atoms with van der Waals surface area (Å²) in [5.74, 6) is -0.235. The highest BCUT2D eigenvalue weighted by atomic mass is 19.1. The van der Waals surface area contributed by atoms with Crippen molar-refractivity contribution in [1.29, 1.82) is 0 Å². The Morgan fingerprint density at radius 2 is 2.06 bits per heavy atom. The molecule has 1 heterocycles. The maximum absolute atomic E-state index is 13.5. The van der Waals surface area contributed by atoms with Gasteiger partial charge in [-0.2, -0.15) is 5.10 Å². The minimum absolute atomic E-state index is 0.235. The normalized spacial score (nSPS) is 11.1. The van der Waals surface area contributed by atoms with Gasteiger partial charge in [-0.25, -0.2) is 4.39 Å². The molecule has 0 radical (unpaired) electrons. The Hall–Kier alpha value is -1.84. The first-order chi connectivity index (χ1) is 7.99. The van der Waals surface area contributed by atoms with Crippen LogP contribution in [0.25, 0.3) is 11.3 Å². The van der Waals surface area contributed by atoms with E-state index in [2.05, 4.69) is 5.10 Å². The quantitative estimate of drug-likeness (QED) is 0.865. The maximum atomic E-state index is 13.5. The van der Waals surface area contributed by atoms with E-state index < -0.39 is 0 Å². The lowest BCUT2D eigenvalue weighted by molar-refractivity contribution is 0.534. The lowest BCUT2D eigenvalue weighted by Crippen LogP contribution is -2.00. The van der Waals surface area contributed by atoms with E-state index in [0.717, 1.165) is 0 Å². The van der Waals surface area contributed by atoms with Crippen LogP contribution in [0.5, 0.6) is 0 Å². The summed E-state index contributed by atoms with van der Waals surface area (Å²) in [6.45, 7) is 5.77. The molecule has 0 aliphatic carbocycles. The smallest absolute Gasteiger partial charge is 0.126 e. The van der Waals surface area contributed by atoms with Gasteiger partial charge in [0.1, 0.15) is 11.5 Å². The van der Waals surface area contributed by atoms with Crippen LogP contribution in [-0.2, 0) is 0 Å². The van der Waals surface area contributed by atoms with Gasteiger partial charge < -0.3 is 5.73 Å². The first-order valence-electron chi connectivity index (χ1n) is 5.60. The summed E-state index contributed by atoms with van der Waals surface area (Å²) in [4.78, 5) is 0. The number of benzene rings is 1. The van der Waals surface area contributed by atoms with E-state index in [0.29, 0.717) is 22.5 Å². The third kappa shape index (κ3) is 2.16. The van der Waals surface area contributed by atoms with Crippen molar-refractivity contribution in [2.75, 3.05) is 5.73 Å². The molecule has 0 saturated carbocycles. The maximum Gasteiger partial charge on any atom is 0.126 e. The van der Waals surface area contributed by atoms with Crippen LogP contribution >= 0.6 is 0 Å². The minimum Gasteiger partial charge on any atom is -0.396 e. The second-order valence-electron chi connectivity index (χ2n) is 4.47. The number of aryl methyl sites for hydroxylation is 1. The van der Waals surface area contributed by atoms with Gasteiger partial charge in [0.25, 0.3) is 0 Å². The van der Waals surface area contributed by atoms with E-state index in [1.54, 1.807) is 23.9 Å². The summed E-state index contributed by atoms with van der Waals surface area (Å²) in [6, 6.07) is 5.28. The Morgan fingerprint density at radius 3 is 2.59 bits per heavy atom. The second kappa shape index (κ2) is 4.20. The molecule has 0 unspecified atom stereocenters. The molecule has 0 atom stereocenters. The molecule has 2 aromatic rings. The molecular weight excluding hydrogens is 217 g/mol. The van der Waals surface area contributed by atoms with E-state index >= 15 is 0 Å². The van der Waals surface area contributed by atoms with E-state index in [1.807, 2.05) is 19.9 Å². The van der Waals surface area contributed by atoms with Crippen LogP contribution in [0.2, 0.25) is 0 Å². The molecule has 0 aliphatic heterocycles. The highest BCUT2D eigenvalue weighted by molar-refractivity contribution is 5.72. The standard InChI is InChI=1S/C13H16FN3/c1-8(2)17-7-12(15)13(16-17)10-5-4-9(3)11(14)6-10/h4-8H,15H2,1-3H3. The van der Waals surface area contributed by atoms with Crippen LogP contribution in [-0.4, -0.2) is 9.78 Å². The molecule has 1 aromatic carbocycles. The van der Waals surface area contributed by atoms with Gasteiger partial charge in [-0.1, -0.05) is 12.1 Å². The summed E-state index contributed by atoms with van der Waals surface area (Å²) in [7, 11) is 0. The van der Waals surface area contributed by atoms with Crippen LogP contribution in [0.3, 0.4) is 0 Å². The van der Waals surface area contributed by atoms with Crippen LogP contribution in [0.1, 0.15) is 25.5 Å². The summed E-state index contributed by atoms with van der Waals surface area (Å²) in [5, 5.41) is 4.38. The van der Waals surface area contributed by atoms with Gasteiger partial charge in [-0.15, -0.1) is 0 Å². The fourth-order valence-electron chi connectivity index (χ4n) is 1.63. The number of aromatic nitrogens is 2. The average Bonchev–Trinajstić information content (AvgIpc) is 2.65. The number of hydrogen-bond donors (Lipinski definition) is 1. The molecule has 0 spiro atoms. The van der Waals surface area contributed by atoms with Crippen LogP contribution < -0.4 is 5.73 Å². The zero-order chi connectivity index (χ0) is 12.6. The van der Waals surface area contributed by atoms with Gasteiger partial charge in [-0.05, 0) is 32.4 Å². The Kier molecular flexibility index (Phi) is 2.88. The zero-order valence-electron chi connectivity index (χ0n) is 10.2. The summed E-state index contributed by atoms with van der Waals surface area (Å²) < 4.78 is 15.3. The Bertz CT molecular complexity index is 544. The summed E-state index contributed by atoms with van der Waals surface area (Å²) >= 11 is 0. The monoisotopic (exact) mass is 233 g/mol. The molecule has 17 heavy (non-hydrogen) atoms. The lowest BCUT2D eigenvalue weighted by Gasteiger charge is -2.04. The van der Waals surface area contributed by atoms with Crippen LogP contribution in [0.4, 0.5) is 10.1 Å². The van der Waals surface area contributed by atoms with Crippen LogP contribution in [0, 0.1) is 12.7 Å². The summed E-state index contributed by atoms with van der Waals surface area (Å²) in [5.41, 5.74) is 8.44. The van der Waals surface area contributed by atoms with Gasteiger partial charge in [-0.3, -0.25) is 4.68 Å². The molecule has 4 heteroatoms. The van der Waals surface area contributed by atoms with Gasteiger partial charge in [0.05, 0.1) is 5.69 Å². The predicted molar refractivity (Wildman–Crippen MR) is 67.2 cm³/mol. The van der Waals surface area contributed by atoms with E-state index in [1.165, 1.54) is 6.07 Å². The molecule has 90 valence electrons. The number of nitrogens with zero attached hydrogens (tertiary/aromatic N) is 2. The number of halogens is 1. The summed E-state index contributed by atoms with van der Waals surface area (Å²) in [6.07, 6.45) is 1.78.